The van der Waals surface area contributed by atoms with E-state index in [4.69, 9.17) is 0 Å². The summed E-state index contributed by atoms with van der Waals surface area (Å²) in [6.07, 6.45) is 0. The normalized spacial score (nSPS) is 9.24. The molecule has 0 aliphatic carbocycles. The third-order valence-corrected chi connectivity index (χ3v) is 3.12. The summed E-state index contributed by atoms with van der Waals surface area (Å²) in [5.74, 6) is 0.134. The molecule has 0 heterocycles. The zero-order valence-electron chi connectivity index (χ0n) is 12.2. The number of carbonyl (C=O) groups excluding carboxylic acids is 1. The maximum atomic E-state index is 10.5. The van der Waals surface area contributed by atoms with Crippen LogP contribution in [-0.4, -0.2) is 5.78 Å². The van der Waals surface area contributed by atoms with Gasteiger partial charge in [0.1, 0.15) is 5.78 Å². The third kappa shape index (κ3) is 5.18. The molecule has 0 amide bonds. The number of carbonyl (C=O) groups is 1. The summed E-state index contributed by atoms with van der Waals surface area (Å²) in [6, 6.07) is 24.3. The molecular weight excluding hydrogens is 300 g/mol. The Hall–Kier alpha value is -1.89. The molecule has 0 saturated heterocycles. The van der Waals surface area contributed by atoms with E-state index in [0.717, 1.165) is 5.56 Å². The Morgan fingerprint density at radius 1 is 1.00 bits per heavy atom. The van der Waals surface area contributed by atoms with E-state index in [0.29, 0.717) is 0 Å². The van der Waals surface area contributed by atoms with Crippen molar-refractivity contribution in [3.05, 3.63) is 83.9 Å². The SMILES string of the molecule is CC(=O)[c-]1cccc1.Cc1ccc(-[c-]2[cH-][cH-][cH-][cH-]2)cc1.[Fe]. The molecule has 0 unspecified atom stereocenters. The van der Waals surface area contributed by atoms with E-state index < -0.39 is 0 Å². The molecule has 0 saturated carbocycles. The first-order valence-electron chi connectivity index (χ1n) is 6.68. The molecule has 0 fully saturated rings. The second-order valence-electron chi connectivity index (χ2n) is 4.77. The number of hydrogen-bond donors (Lipinski definition) is 0. The van der Waals surface area contributed by atoms with Crippen molar-refractivity contribution in [1.29, 1.82) is 0 Å². The van der Waals surface area contributed by atoms with Gasteiger partial charge < -0.3 is 52.3 Å². The molecule has 0 bridgehead atoms. The van der Waals surface area contributed by atoms with E-state index >= 15 is 0 Å². The molecule has 0 spiro atoms. The van der Waals surface area contributed by atoms with Crippen LogP contribution in [0.15, 0.2) is 72.8 Å². The summed E-state index contributed by atoms with van der Waals surface area (Å²) < 4.78 is 0. The topological polar surface area (TPSA) is 17.1 Å². The molecule has 3 rings (SSSR count). The van der Waals surface area contributed by atoms with Gasteiger partial charge in [-0.1, -0.05) is 11.1 Å². The zero-order chi connectivity index (χ0) is 14.4. The smallest absolute Gasteiger partial charge is 0.105 e. The van der Waals surface area contributed by atoms with Crippen molar-refractivity contribution in [2.75, 3.05) is 0 Å². The molecule has 0 aliphatic heterocycles. The molecule has 0 atom stereocenters. The van der Waals surface area contributed by atoms with Crippen LogP contribution in [-0.2, 0) is 17.1 Å². The van der Waals surface area contributed by atoms with Gasteiger partial charge in [-0.15, -0.1) is 0 Å². The Morgan fingerprint density at radius 3 is 1.95 bits per heavy atom. The van der Waals surface area contributed by atoms with Gasteiger partial charge in [0.2, 0.25) is 0 Å². The number of hydrogen-bond acceptors (Lipinski definition) is 1. The van der Waals surface area contributed by atoms with Crippen LogP contribution in [0.5, 0.6) is 0 Å². The number of Topliss-reactive ketones (excluding diaryl/α,β-unsaturated/α-hetero) is 1. The third-order valence-electron chi connectivity index (χ3n) is 3.12. The van der Waals surface area contributed by atoms with Crippen LogP contribution in [0.1, 0.15) is 22.8 Å². The van der Waals surface area contributed by atoms with Crippen molar-refractivity contribution < 1.29 is 21.9 Å². The quantitative estimate of drug-likeness (QED) is 0.370. The summed E-state index contributed by atoms with van der Waals surface area (Å²) in [4.78, 5) is 10.5. The van der Waals surface area contributed by atoms with Crippen molar-refractivity contribution in [3.8, 4) is 11.1 Å². The average Bonchev–Trinajstić information content (AvgIpc) is 3.14. The van der Waals surface area contributed by atoms with Gasteiger partial charge in [-0.25, -0.2) is 12.1 Å². The van der Waals surface area contributed by atoms with Crippen LogP contribution in [0.25, 0.3) is 11.1 Å². The second kappa shape index (κ2) is 8.41. The van der Waals surface area contributed by atoms with Crippen molar-refractivity contribution in [1.82, 2.24) is 0 Å². The fourth-order valence-corrected chi connectivity index (χ4v) is 1.92. The van der Waals surface area contributed by atoms with Gasteiger partial charge in [0.25, 0.3) is 0 Å². The molecule has 3 aromatic rings. The average molecular weight is 318 g/mol. The molecule has 2 heteroatoms. The summed E-state index contributed by atoms with van der Waals surface area (Å²) in [5.41, 5.74) is 4.70. The van der Waals surface area contributed by atoms with Gasteiger partial charge in [-0.3, -0.25) is 0 Å². The number of benzene rings is 1. The summed E-state index contributed by atoms with van der Waals surface area (Å²) in [5, 5.41) is 0. The Kier molecular flexibility index (Phi) is 6.87. The first kappa shape index (κ1) is 17.2. The molecule has 21 heavy (non-hydrogen) atoms. The van der Waals surface area contributed by atoms with Gasteiger partial charge in [0.05, 0.1) is 0 Å². The van der Waals surface area contributed by atoms with Crippen molar-refractivity contribution in [2.45, 2.75) is 13.8 Å². The van der Waals surface area contributed by atoms with Gasteiger partial charge in [0, 0.05) is 17.1 Å². The molecular formula is C19H18FeO-6. The van der Waals surface area contributed by atoms with Gasteiger partial charge in [0.15, 0.2) is 0 Å². The van der Waals surface area contributed by atoms with E-state index in [1.165, 1.54) is 16.7 Å². The van der Waals surface area contributed by atoms with Crippen LogP contribution in [0.2, 0.25) is 0 Å². The predicted octanol–water partition coefficient (Wildman–Crippen LogP) is 4.99. The van der Waals surface area contributed by atoms with Gasteiger partial charge in [-0.05, 0) is 13.8 Å². The number of ketones is 1. The van der Waals surface area contributed by atoms with E-state index in [-0.39, 0.29) is 22.9 Å². The monoisotopic (exact) mass is 318 g/mol. The standard InChI is InChI=1S/C12H11.C7H7O.Fe/c1-10-6-8-12(9-7-10)11-4-2-3-5-11;1-6(8)7-4-2-3-5-7;/h2-9H,1H3;2-5H,1H3;/q-5;-1;. The Labute approximate surface area is 136 Å². The van der Waals surface area contributed by atoms with Crippen LogP contribution < -0.4 is 0 Å². The largest absolute Gasteiger partial charge is 0.642 e. The van der Waals surface area contributed by atoms with Gasteiger partial charge in [-0.2, -0.15) is 24.3 Å². The van der Waals surface area contributed by atoms with E-state index in [1.54, 1.807) is 6.92 Å². The first-order chi connectivity index (χ1) is 9.66. The molecule has 0 radical (unpaired) electrons. The van der Waals surface area contributed by atoms with Crippen molar-refractivity contribution in [3.63, 3.8) is 0 Å². The minimum atomic E-state index is 0. The van der Waals surface area contributed by atoms with Crippen LogP contribution >= 0.6 is 0 Å². The van der Waals surface area contributed by atoms with E-state index in [2.05, 4.69) is 55.5 Å². The Bertz CT molecular complexity index is 631. The van der Waals surface area contributed by atoms with Crippen LogP contribution in [0.4, 0.5) is 0 Å². The Balaban J connectivity index is 0.000000216. The Morgan fingerprint density at radius 2 is 1.52 bits per heavy atom. The first-order valence-corrected chi connectivity index (χ1v) is 6.68. The number of rotatable bonds is 2. The summed E-state index contributed by atoms with van der Waals surface area (Å²) >= 11 is 0. The second-order valence-corrected chi connectivity index (χ2v) is 4.77. The van der Waals surface area contributed by atoms with Crippen LogP contribution in [0.3, 0.4) is 0 Å². The fraction of sp³-hybridized carbons (Fsp3) is 0.105. The minimum Gasteiger partial charge on any atom is -0.642 e. The summed E-state index contributed by atoms with van der Waals surface area (Å²) in [6.45, 7) is 3.67. The van der Waals surface area contributed by atoms with Crippen molar-refractivity contribution in [2.24, 2.45) is 0 Å². The molecule has 3 aromatic carbocycles. The minimum absolute atomic E-state index is 0. The summed E-state index contributed by atoms with van der Waals surface area (Å²) in [7, 11) is 0. The molecule has 114 valence electrons. The maximum Gasteiger partial charge on any atom is 0.105 e. The maximum absolute atomic E-state index is 10.5. The predicted molar refractivity (Wildman–Crippen MR) is 84.2 cm³/mol. The van der Waals surface area contributed by atoms with E-state index in [9.17, 15) is 4.79 Å². The zero-order valence-corrected chi connectivity index (χ0v) is 13.3. The van der Waals surface area contributed by atoms with Crippen LogP contribution in [0, 0.1) is 6.92 Å². The molecule has 0 aromatic heterocycles. The molecule has 0 N–H and O–H groups in total. The molecule has 0 aliphatic rings. The van der Waals surface area contributed by atoms with Crippen molar-refractivity contribution >= 4 is 5.78 Å². The fourth-order valence-electron chi connectivity index (χ4n) is 1.92. The van der Waals surface area contributed by atoms with Gasteiger partial charge >= 0.3 is 0 Å². The number of aryl methyl sites for hydroxylation is 1. The molecule has 1 nitrogen and oxygen atoms in total. The van der Waals surface area contributed by atoms with E-state index in [1.807, 2.05) is 24.3 Å².